The maximum absolute atomic E-state index is 14.6. The van der Waals surface area contributed by atoms with Gasteiger partial charge in [-0.15, -0.1) is 23.2 Å². The van der Waals surface area contributed by atoms with Crippen molar-refractivity contribution in [3.63, 3.8) is 0 Å². The highest BCUT2D eigenvalue weighted by molar-refractivity contribution is 6.58. The van der Waals surface area contributed by atoms with Crippen LogP contribution in [0.15, 0.2) is 63.7 Å². The van der Waals surface area contributed by atoms with E-state index in [1.165, 1.54) is 36.0 Å². The number of fused-ring (bicyclic) bond motifs is 4. The molecular formula is C25H18Cl2F2N4O5. The Bertz CT molecular complexity index is 1710. The number of carbonyl (C=O) groups is 2. The SMILES string of the molecule is Cn1c(=O)n2n(c1=O)[C@@H]1C[C@@]3(Cl)C(=O)N(c4ccc(F)cc4)C(=O)[C@@]3(Cl)[C@@H](c3cccc(F)c3O)C1=CC2. The summed E-state index contributed by atoms with van der Waals surface area (Å²) in [4.78, 5) is 50.0. The number of phenolic OH excluding ortho intramolecular Hbond substituents is 1. The Morgan fingerprint density at radius 2 is 1.66 bits per heavy atom. The number of benzene rings is 2. The highest BCUT2D eigenvalue weighted by Crippen LogP contribution is 2.64. The summed E-state index contributed by atoms with van der Waals surface area (Å²) in [6, 6.07) is 7.16. The number of para-hydroxylation sites is 1. The van der Waals surface area contributed by atoms with Crippen molar-refractivity contribution >= 4 is 40.7 Å². The smallest absolute Gasteiger partial charge is 0.347 e. The van der Waals surface area contributed by atoms with Gasteiger partial charge in [-0.1, -0.05) is 18.2 Å². The Morgan fingerprint density at radius 3 is 2.34 bits per heavy atom. The molecule has 9 nitrogen and oxygen atoms in total. The fraction of sp³-hybridized carbons (Fsp3) is 0.280. The molecule has 1 N–H and O–H groups in total. The van der Waals surface area contributed by atoms with E-state index in [4.69, 9.17) is 23.2 Å². The molecule has 1 saturated heterocycles. The van der Waals surface area contributed by atoms with Gasteiger partial charge in [-0.3, -0.25) is 9.59 Å². The molecule has 196 valence electrons. The van der Waals surface area contributed by atoms with Gasteiger partial charge in [-0.25, -0.2) is 37.2 Å². The second kappa shape index (κ2) is 7.90. The molecule has 3 heterocycles. The molecule has 38 heavy (non-hydrogen) atoms. The van der Waals surface area contributed by atoms with Crippen molar-refractivity contribution in [2.75, 3.05) is 4.90 Å². The van der Waals surface area contributed by atoms with Gasteiger partial charge in [0.2, 0.25) is 0 Å². The molecular weight excluding hydrogens is 545 g/mol. The van der Waals surface area contributed by atoms with Gasteiger partial charge in [0.25, 0.3) is 11.8 Å². The lowest BCUT2D eigenvalue weighted by atomic mass is 9.64. The Balaban J connectivity index is 1.65. The molecule has 1 aliphatic carbocycles. The van der Waals surface area contributed by atoms with E-state index in [9.17, 15) is 33.1 Å². The summed E-state index contributed by atoms with van der Waals surface area (Å²) in [6.45, 7) is -0.0839. The second-order valence-electron chi connectivity index (χ2n) is 9.52. The van der Waals surface area contributed by atoms with Crippen LogP contribution in [0.2, 0.25) is 0 Å². The first-order valence-electron chi connectivity index (χ1n) is 11.5. The molecule has 1 aromatic heterocycles. The van der Waals surface area contributed by atoms with Crippen LogP contribution in [0.5, 0.6) is 5.75 Å². The monoisotopic (exact) mass is 562 g/mol. The van der Waals surface area contributed by atoms with E-state index in [1.807, 2.05) is 0 Å². The Kier molecular flexibility index (Phi) is 5.12. The van der Waals surface area contributed by atoms with Crippen molar-refractivity contribution in [3.8, 4) is 5.75 Å². The fourth-order valence-electron chi connectivity index (χ4n) is 5.88. The molecule has 2 fully saturated rings. The van der Waals surface area contributed by atoms with Gasteiger partial charge in [0.15, 0.2) is 21.3 Å². The number of hydrogen-bond donors (Lipinski definition) is 1. The number of rotatable bonds is 2. The zero-order chi connectivity index (χ0) is 27.3. The molecule has 2 amide bonds. The normalized spacial score (nSPS) is 28.1. The quantitative estimate of drug-likeness (QED) is 0.293. The number of nitrogens with zero attached hydrogens (tertiary/aromatic N) is 4. The maximum atomic E-state index is 14.6. The van der Waals surface area contributed by atoms with Crippen LogP contribution in [-0.2, 0) is 23.2 Å². The van der Waals surface area contributed by atoms with Gasteiger partial charge in [-0.05, 0) is 35.9 Å². The number of halogens is 4. The van der Waals surface area contributed by atoms with Crippen LogP contribution in [0.25, 0.3) is 0 Å². The number of amides is 2. The third-order valence-electron chi connectivity index (χ3n) is 7.68. The molecule has 6 rings (SSSR count). The number of alkyl halides is 2. The first-order valence-corrected chi connectivity index (χ1v) is 12.3. The largest absolute Gasteiger partial charge is 0.505 e. The number of hydrogen-bond acceptors (Lipinski definition) is 5. The summed E-state index contributed by atoms with van der Waals surface area (Å²) < 4.78 is 31.4. The van der Waals surface area contributed by atoms with Gasteiger partial charge in [-0.2, -0.15) is 0 Å². The number of carbonyl (C=O) groups excluding carboxylic acids is 2. The summed E-state index contributed by atoms with van der Waals surface area (Å²) in [5.41, 5.74) is -1.11. The minimum Gasteiger partial charge on any atom is -0.505 e. The Morgan fingerprint density at radius 1 is 0.974 bits per heavy atom. The van der Waals surface area contributed by atoms with Crippen LogP contribution < -0.4 is 16.3 Å². The first-order chi connectivity index (χ1) is 17.9. The predicted octanol–water partition coefficient (Wildman–Crippen LogP) is 2.53. The van der Waals surface area contributed by atoms with Gasteiger partial charge in [0.1, 0.15) is 5.82 Å². The lowest BCUT2D eigenvalue weighted by Crippen LogP contribution is -2.59. The standard InChI is InChI=1S/C25H18Cl2F2N4O5/c1-30-22(37)31-10-9-14-17(33(31)23(30)38)11-24(26)20(35)32(13-7-5-12(28)6-8-13)21(36)25(24,27)18(14)15-3-2-4-16(29)19(15)34/h2-9,17-18,34H,10-11H2,1H3/t17-,18-,24-,25+/m1/s1. The highest BCUT2D eigenvalue weighted by atomic mass is 35.5. The van der Waals surface area contributed by atoms with Gasteiger partial charge >= 0.3 is 11.4 Å². The molecule has 0 spiro atoms. The summed E-state index contributed by atoms with van der Waals surface area (Å²) in [6.07, 6.45) is 1.20. The van der Waals surface area contributed by atoms with Crippen LogP contribution in [0.1, 0.15) is 23.9 Å². The van der Waals surface area contributed by atoms with E-state index in [2.05, 4.69) is 0 Å². The fourth-order valence-corrected chi connectivity index (χ4v) is 6.79. The Hall–Kier alpha value is -3.70. The average Bonchev–Trinajstić information content (AvgIpc) is 3.20. The molecule has 0 radical (unpaired) electrons. The topological polar surface area (TPSA) is 107 Å². The van der Waals surface area contributed by atoms with Crippen LogP contribution in [0.4, 0.5) is 14.5 Å². The van der Waals surface area contributed by atoms with E-state index in [-0.39, 0.29) is 24.2 Å². The molecule has 2 aliphatic heterocycles. The predicted molar refractivity (Wildman–Crippen MR) is 133 cm³/mol. The highest BCUT2D eigenvalue weighted by Gasteiger charge is 2.76. The van der Waals surface area contributed by atoms with E-state index < -0.39 is 62.3 Å². The van der Waals surface area contributed by atoms with E-state index in [0.29, 0.717) is 5.57 Å². The molecule has 2 aromatic carbocycles. The number of anilines is 1. The first kappa shape index (κ1) is 24.6. The maximum Gasteiger partial charge on any atom is 0.347 e. The van der Waals surface area contributed by atoms with Crippen molar-refractivity contribution < 1.29 is 23.5 Å². The van der Waals surface area contributed by atoms with Gasteiger partial charge in [0.05, 0.1) is 18.3 Å². The lowest BCUT2D eigenvalue weighted by molar-refractivity contribution is -0.122. The lowest BCUT2D eigenvalue weighted by Gasteiger charge is -2.49. The van der Waals surface area contributed by atoms with Crippen LogP contribution in [0.3, 0.4) is 0 Å². The molecule has 13 heteroatoms. The molecule has 1 saturated carbocycles. The summed E-state index contributed by atoms with van der Waals surface area (Å²) in [5, 5.41) is 10.7. The minimum absolute atomic E-state index is 0.00352. The Labute approximate surface area is 222 Å². The van der Waals surface area contributed by atoms with Crippen molar-refractivity contribution in [2.24, 2.45) is 7.05 Å². The van der Waals surface area contributed by atoms with Crippen LogP contribution in [-0.4, -0.2) is 40.6 Å². The number of aromatic hydroxyl groups is 1. The van der Waals surface area contributed by atoms with E-state index in [1.54, 1.807) is 6.08 Å². The number of allylic oxidation sites excluding steroid dienone is 2. The van der Waals surface area contributed by atoms with E-state index >= 15 is 0 Å². The molecule has 0 unspecified atom stereocenters. The summed E-state index contributed by atoms with van der Waals surface area (Å²) in [5.74, 6) is -5.68. The summed E-state index contributed by atoms with van der Waals surface area (Å²) in [7, 11) is 1.30. The van der Waals surface area contributed by atoms with Gasteiger partial charge in [0, 0.05) is 24.9 Å². The van der Waals surface area contributed by atoms with Crippen LogP contribution >= 0.6 is 23.2 Å². The number of phenols is 1. The third kappa shape index (κ3) is 2.85. The zero-order valence-electron chi connectivity index (χ0n) is 19.6. The molecule has 0 bridgehead atoms. The molecule has 3 aliphatic rings. The van der Waals surface area contributed by atoms with E-state index in [0.717, 1.165) is 32.3 Å². The van der Waals surface area contributed by atoms with Crippen molar-refractivity contribution in [3.05, 3.63) is 92.3 Å². The van der Waals surface area contributed by atoms with Crippen molar-refractivity contribution in [2.45, 2.75) is 34.7 Å². The number of imide groups is 1. The van der Waals surface area contributed by atoms with Crippen molar-refractivity contribution in [1.82, 2.24) is 13.9 Å². The molecule has 3 aromatic rings. The number of aromatic nitrogens is 3. The molecule has 4 atom stereocenters. The van der Waals surface area contributed by atoms with Crippen molar-refractivity contribution in [1.29, 1.82) is 0 Å². The third-order valence-corrected chi connectivity index (χ3v) is 9.10. The van der Waals surface area contributed by atoms with Gasteiger partial charge < -0.3 is 5.11 Å². The average molecular weight is 563 g/mol. The minimum atomic E-state index is -2.28. The zero-order valence-corrected chi connectivity index (χ0v) is 21.1. The second-order valence-corrected chi connectivity index (χ2v) is 10.8. The summed E-state index contributed by atoms with van der Waals surface area (Å²) >= 11 is 14.2. The van der Waals surface area contributed by atoms with Crippen LogP contribution in [0, 0.1) is 11.6 Å².